The maximum Gasteiger partial charge on any atom is 0.155 e. The molecule has 2 N–H and O–H groups in total. The van der Waals surface area contributed by atoms with Crippen LogP contribution in [-0.2, 0) is 9.53 Å². The number of ether oxygens (including phenoxy) is 1. The number of allylic oxidation sites excluding steroid dienone is 2. The van der Waals surface area contributed by atoms with Gasteiger partial charge in [-0.15, -0.1) is 0 Å². The monoisotopic (exact) mass is 356 g/mol. The van der Waals surface area contributed by atoms with E-state index in [0.717, 1.165) is 19.3 Å². The average Bonchev–Trinajstić information content (AvgIpc) is 2.62. The summed E-state index contributed by atoms with van der Waals surface area (Å²) in [6.07, 6.45) is 18.0. The van der Waals surface area contributed by atoms with E-state index in [4.69, 9.17) is 14.9 Å². The van der Waals surface area contributed by atoms with Gasteiger partial charge in [0.05, 0.1) is 13.2 Å². The largest absolute Gasteiger partial charge is 0.394 e. The second-order valence-corrected chi connectivity index (χ2v) is 6.85. The fraction of sp³-hybridized carbons (Fsp3) is 0.857. The van der Waals surface area contributed by atoms with E-state index >= 15 is 0 Å². The van der Waals surface area contributed by atoms with Crippen molar-refractivity contribution in [2.24, 2.45) is 0 Å². The zero-order valence-corrected chi connectivity index (χ0v) is 16.3. The van der Waals surface area contributed by atoms with Gasteiger partial charge in [-0.05, 0) is 31.8 Å². The molecule has 0 spiro atoms. The van der Waals surface area contributed by atoms with Crippen molar-refractivity contribution in [3.05, 3.63) is 12.2 Å². The zero-order chi connectivity index (χ0) is 18.6. The Morgan fingerprint density at radius 2 is 1.60 bits per heavy atom. The Kier molecular flexibility index (Phi) is 19.1. The standard InChI is InChI=1S/C21H40O4/c1-2-3-4-5-6-7-8-9-10-11-12-15-20(23)16-13-14-17-25-19-21(24)18-22/h12,15,21-22,24H,2-11,13-14,16-19H2,1H3. The molecule has 0 aliphatic heterocycles. The van der Waals surface area contributed by atoms with Crippen LogP contribution < -0.4 is 0 Å². The van der Waals surface area contributed by atoms with Crippen molar-refractivity contribution in [2.75, 3.05) is 19.8 Å². The van der Waals surface area contributed by atoms with E-state index in [9.17, 15) is 4.79 Å². The summed E-state index contributed by atoms with van der Waals surface area (Å²) >= 11 is 0. The van der Waals surface area contributed by atoms with Crippen LogP contribution in [0.4, 0.5) is 0 Å². The second kappa shape index (κ2) is 19.6. The first-order valence-corrected chi connectivity index (χ1v) is 10.3. The summed E-state index contributed by atoms with van der Waals surface area (Å²) in [6, 6.07) is 0. The number of unbranched alkanes of at least 4 members (excludes halogenated alkanes) is 10. The molecular formula is C21H40O4. The van der Waals surface area contributed by atoms with Crippen molar-refractivity contribution < 1.29 is 19.7 Å². The summed E-state index contributed by atoms with van der Waals surface area (Å²) in [5.41, 5.74) is 0. The normalized spacial score (nSPS) is 12.8. The third-order valence-corrected chi connectivity index (χ3v) is 4.26. The minimum atomic E-state index is -0.800. The Hall–Kier alpha value is -0.710. The summed E-state index contributed by atoms with van der Waals surface area (Å²) < 4.78 is 5.20. The summed E-state index contributed by atoms with van der Waals surface area (Å²) in [6.45, 7) is 2.65. The van der Waals surface area contributed by atoms with Gasteiger partial charge in [0, 0.05) is 13.0 Å². The molecule has 0 aliphatic carbocycles. The number of carbonyl (C=O) groups excluding carboxylic acids is 1. The molecule has 0 heterocycles. The zero-order valence-electron chi connectivity index (χ0n) is 16.3. The fourth-order valence-corrected chi connectivity index (χ4v) is 2.65. The quantitative estimate of drug-likeness (QED) is 0.263. The first-order valence-electron chi connectivity index (χ1n) is 10.3. The van der Waals surface area contributed by atoms with E-state index in [1.165, 1.54) is 57.8 Å². The first-order chi connectivity index (χ1) is 12.2. The molecule has 0 aromatic carbocycles. The van der Waals surface area contributed by atoms with Gasteiger partial charge in [-0.2, -0.15) is 0 Å². The number of hydrogen-bond acceptors (Lipinski definition) is 4. The molecule has 148 valence electrons. The van der Waals surface area contributed by atoms with Crippen molar-refractivity contribution in [2.45, 2.75) is 96.5 Å². The minimum absolute atomic E-state index is 0.156. The molecule has 1 atom stereocenters. The molecule has 0 saturated carbocycles. The van der Waals surface area contributed by atoms with Crippen LogP contribution in [0.3, 0.4) is 0 Å². The highest BCUT2D eigenvalue weighted by Crippen LogP contribution is 2.10. The van der Waals surface area contributed by atoms with Crippen LogP contribution in [0, 0.1) is 0 Å². The van der Waals surface area contributed by atoms with Crippen LogP contribution in [-0.4, -0.2) is 41.9 Å². The number of aliphatic hydroxyl groups excluding tert-OH is 2. The topological polar surface area (TPSA) is 66.8 Å². The van der Waals surface area contributed by atoms with Crippen LogP contribution >= 0.6 is 0 Å². The van der Waals surface area contributed by atoms with Crippen LogP contribution in [0.5, 0.6) is 0 Å². The molecule has 1 unspecified atom stereocenters. The van der Waals surface area contributed by atoms with Crippen LogP contribution in [0.25, 0.3) is 0 Å². The molecule has 4 heteroatoms. The summed E-state index contributed by atoms with van der Waals surface area (Å²) in [7, 11) is 0. The number of aliphatic hydroxyl groups is 2. The van der Waals surface area contributed by atoms with E-state index < -0.39 is 6.10 Å². The Bertz CT molecular complexity index is 315. The Balaban J connectivity index is 3.30. The van der Waals surface area contributed by atoms with Crippen LogP contribution in [0.15, 0.2) is 12.2 Å². The average molecular weight is 357 g/mol. The fourth-order valence-electron chi connectivity index (χ4n) is 2.65. The van der Waals surface area contributed by atoms with Gasteiger partial charge in [0.1, 0.15) is 6.10 Å². The second-order valence-electron chi connectivity index (χ2n) is 6.85. The third-order valence-electron chi connectivity index (χ3n) is 4.26. The van der Waals surface area contributed by atoms with Gasteiger partial charge in [-0.3, -0.25) is 4.79 Å². The molecule has 4 nitrogen and oxygen atoms in total. The highest BCUT2D eigenvalue weighted by atomic mass is 16.5. The highest BCUT2D eigenvalue weighted by Gasteiger charge is 2.01. The molecular weight excluding hydrogens is 316 g/mol. The predicted octanol–water partition coefficient (Wildman–Crippen LogP) is 4.57. The molecule has 25 heavy (non-hydrogen) atoms. The number of rotatable bonds is 19. The van der Waals surface area contributed by atoms with Gasteiger partial charge in [-0.1, -0.05) is 64.4 Å². The lowest BCUT2D eigenvalue weighted by Crippen LogP contribution is -2.19. The van der Waals surface area contributed by atoms with E-state index in [-0.39, 0.29) is 19.0 Å². The van der Waals surface area contributed by atoms with Gasteiger partial charge in [-0.25, -0.2) is 0 Å². The predicted molar refractivity (Wildman–Crippen MR) is 104 cm³/mol. The Morgan fingerprint density at radius 1 is 0.960 bits per heavy atom. The van der Waals surface area contributed by atoms with Crippen molar-refractivity contribution in [3.8, 4) is 0 Å². The summed E-state index contributed by atoms with van der Waals surface area (Å²) in [4.78, 5) is 11.7. The van der Waals surface area contributed by atoms with Crippen molar-refractivity contribution in [1.82, 2.24) is 0 Å². The maximum absolute atomic E-state index is 11.7. The van der Waals surface area contributed by atoms with E-state index in [0.29, 0.717) is 13.0 Å². The Labute approximate surface area is 154 Å². The highest BCUT2D eigenvalue weighted by molar-refractivity contribution is 5.89. The van der Waals surface area contributed by atoms with Gasteiger partial charge >= 0.3 is 0 Å². The minimum Gasteiger partial charge on any atom is -0.394 e. The molecule has 0 aliphatic rings. The van der Waals surface area contributed by atoms with Crippen LogP contribution in [0.2, 0.25) is 0 Å². The lowest BCUT2D eigenvalue weighted by atomic mass is 10.1. The van der Waals surface area contributed by atoms with Gasteiger partial charge < -0.3 is 14.9 Å². The maximum atomic E-state index is 11.7. The molecule has 0 aromatic heterocycles. The number of carbonyl (C=O) groups is 1. The van der Waals surface area contributed by atoms with Gasteiger partial charge in [0.2, 0.25) is 0 Å². The van der Waals surface area contributed by atoms with Crippen molar-refractivity contribution in [1.29, 1.82) is 0 Å². The molecule has 0 amide bonds. The van der Waals surface area contributed by atoms with Gasteiger partial charge in [0.15, 0.2) is 5.78 Å². The number of ketones is 1. The molecule has 0 aromatic rings. The lowest BCUT2D eigenvalue weighted by Gasteiger charge is -2.07. The SMILES string of the molecule is CCCCCCCCCCCC=CC(=O)CCCCOCC(O)CO. The Morgan fingerprint density at radius 3 is 2.24 bits per heavy atom. The number of hydrogen-bond donors (Lipinski definition) is 2. The first kappa shape index (κ1) is 24.3. The van der Waals surface area contributed by atoms with Crippen molar-refractivity contribution in [3.63, 3.8) is 0 Å². The van der Waals surface area contributed by atoms with Crippen molar-refractivity contribution >= 4 is 5.78 Å². The molecule has 0 bridgehead atoms. The summed E-state index contributed by atoms with van der Waals surface area (Å²) in [5.74, 6) is 0.186. The van der Waals surface area contributed by atoms with E-state index in [2.05, 4.69) is 6.92 Å². The summed E-state index contributed by atoms with van der Waals surface area (Å²) in [5, 5.41) is 17.7. The third kappa shape index (κ3) is 19.5. The molecule has 0 saturated heterocycles. The van der Waals surface area contributed by atoms with Gasteiger partial charge in [0.25, 0.3) is 0 Å². The molecule has 0 rings (SSSR count). The van der Waals surface area contributed by atoms with Crippen LogP contribution in [0.1, 0.15) is 90.4 Å². The van der Waals surface area contributed by atoms with E-state index in [1.807, 2.05) is 6.08 Å². The lowest BCUT2D eigenvalue weighted by molar-refractivity contribution is -0.114. The molecule has 0 fully saturated rings. The smallest absolute Gasteiger partial charge is 0.155 e. The molecule has 0 radical (unpaired) electrons. The van der Waals surface area contributed by atoms with E-state index in [1.54, 1.807) is 6.08 Å².